The normalized spacial score (nSPS) is 15.1. The number of esters is 1. The summed E-state index contributed by atoms with van der Waals surface area (Å²) in [6, 6.07) is 4.96. The molecule has 0 amide bonds. The SMILES string of the molecule is CCOC(O[Si](C)(C)C)(c1ccc(C(=O)OC(C)C)cc1)C(F)(F)F. The third-order valence-corrected chi connectivity index (χ3v) is 3.91. The summed E-state index contributed by atoms with van der Waals surface area (Å²) in [6.07, 6.45) is -5.09. The van der Waals surface area contributed by atoms with E-state index < -0.39 is 26.3 Å². The van der Waals surface area contributed by atoms with Crippen molar-refractivity contribution in [3.05, 3.63) is 35.4 Å². The van der Waals surface area contributed by atoms with Crippen LogP contribution < -0.4 is 0 Å². The fourth-order valence-electron chi connectivity index (χ4n) is 2.22. The second-order valence-electron chi connectivity index (χ2n) is 6.79. The fraction of sp³-hybridized carbons (Fsp3) is 0.588. The van der Waals surface area contributed by atoms with Crippen LogP contribution in [0.15, 0.2) is 24.3 Å². The van der Waals surface area contributed by atoms with Crippen LogP contribution in [0.2, 0.25) is 19.6 Å². The van der Waals surface area contributed by atoms with Gasteiger partial charge in [0.25, 0.3) is 5.79 Å². The first kappa shape index (κ1) is 21.7. The summed E-state index contributed by atoms with van der Waals surface area (Å²) in [5.41, 5.74) is -0.0385. The van der Waals surface area contributed by atoms with E-state index in [0.717, 1.165) is 0 Å². The lowest BCUT2D eigenvalue weighted by Crippen LogP contribution is -2.52. The Balaban J connectivity index is 3.33. The third kappa shape index (κ3) is 5.55. The molecule has 4 nitrogen and oxygen atoms in total. The molecule has 0 bridgehead atoms. The number of alkyl halides is 3. The van der Waals surface area contributed by atoms with E-state index in [-0.39, 0.29) is 23.8 Å². The second kappa shape index (κ2) is 7.88. The molecule has 8 heteroatoms. The van der Waals surface area contributed by atoms with Gasteiger partial charge in [-0.25, -0.2) is 4.79 Å². The van der Waals surface area contributed by atoms with Crippen LogP contribution in [0.4, 0.5) is 13.2 Å². The van der Waals surface area contributed by atoms with Gasteiger partial charge in [0.1, 0.15) is 0 Å². The third-order valence-electron chi connectivity index (χ3n) is 3.01. The van der Waals surface area contributed by atoms with Crippen LogP contribution in [0, 0.1) is 0 Å². The lowest BCUT2D eigenvalue weighted by molar-refractivity contribution is -0.365. The molecular formula is C17H25F3O4Si. The van der Waals surface area contributed by atoms with Gasteiger partial charge in [-0.15, -0.1) is 0 Å². The van der Waals surface area contributed by atoms with Gasteiger partial charge in [-0.3, -0.25) is 0 Å². The molecule has 25 heavy (non-hydrogen) atoms. The quantitative estimate of drug-likeness (QED) is 0.386. The van der Waals surface area contributed by atoms with Crippen molar-refractivity contribution in [2.45, 2.75) is 58.5 Å². The molecule has 0 N–H and O–H groups in total. The Morgan fingerprint density at radius 3 is 2.00 bits per heavy atom. The Labute approximate surface area is 147 Å². The standard InChI is InChI=1S/C17H25F3O4Si/c1-7-22-16(17(18,19)20,24-25(4,5)6)14-10-8-13(9-11-14)15(21)23-12(2)3/h8-12H,7H2,1-6H3. The fourth-order valence-corrected chi connectivity index (χ4v) is 3.37. The Morgan fingerprint density at radius 2 is 1.64 bits per heavy atom. The molecule has 1 aromatic carbocycles. The van der Waals surface area contributed by atoms with Gasteiger partial charge in [0, 0.05) is 12.2 Å². The van der Waals surface area contributed by atoms with Gasteiger partial charge in [-0.1, -0.05) is 12.1 Å². The van der Waals surface area contributed by atoms with Gasteiger partial charge < -0.3 is 13.9 Å². The highest BCUT2D eigenvalue weighted by atomic mass is 28.4. The maximum Gasteiger partial charge on any atom is 0.447 e. The first-order chi connectivity index (χ1) is 11.3. The minimum atomic E-state index is -4.77. The Hall–Kier alpha value is -1.38. The number of carbonyl (C=O) groups excluding carboxylic acids is 1. The van der Waals surface area contributed by atoms with Gasteiger partial charge in [-0.05, 0) is 52.5 Å². The molecule has 0 aliphatic carbocycles. The van der Waals surface area contributed by atoms with Crippen molar-refractivity contribution in [3.8, 4) is 0 Å². The summed E-state index contributed by atoms with van der Waals surface area (Å²) in [5.74, 6) is -3.45. The molecule has 0 saturated heterocycles. The first-order valence-electron chi connectivity index (χ1n) is 8.05. The summed E-state index contributed by atoms with van der Waals surface area (Å²) in [7, 11) is -2.62. The van der Waals surface area contributed by atoms with Crippen LogP contribution in [0.1, 0.15) is 36.7 Å². The molecular weight excluding hydrogens is 353 g/mol. The van der Waals surface area contributed by atoms with E-state index in [9.17, 15) is 18.0 Å². The zero-order valence-electron chi connectivity index (χ0n) is 15.4. The number of hydrogen-bond donors (Lipinski definition) is 0. The van der Waals surface area contributed by atoms with E-state index in [1.54, 1.807) is 33.5 Å². The zero-order chi connectivity index (χ0) is 19.5. The molecule has 0 aliphatic heterocycles. The van der Waals surface area contributed by atoms with Crippen molar-refractivity contribution in [3.63, 3.8) is 0 Å². The number of ether oxygens (including phenoxy) is 2. The maximum atomic E-state index is 13.9. The van der Waals surface area contributed by atoms with E-state index >= 15 is 0 Å². The van der Waals surface area contributed by atoms with E-state index in [0.29, 0.717) is 0 Å². The van der Waals surface area contributed by atoms with E-state index in [4.69, 9.17) is 13.9 Å². The summed E-state index contributed by atoms with van der Waals surface area (Å²) < 4.78 is 57.3. The summed E-state index contributed by atoms with van der Waals surface area (Å²) in [4.78, 5) is 11.9. The minimum absolute atomic E-state index is 0.165. The number of carbonyl (C=O) groups is 1. The Kier molecular flexibility index (Phi) is 6.83. The smallest absolute Gasteiger partial charge is 0.447 e. The molecule has 0 heterocycles. The highest BCUT2D eigenvalue weighted by Gasteiger charge is 2.60. The van der Waals surface area contributed by atoms with Crippen molar-refractivity contribution in [1.29, 1.82) is 0 Å². The summed E-state index contributed by atoms with van der Waals surface area (Å²) in [5, 5.41) is 0. The zero-order valence-corrected chi connectivity index (χ0v) is 16.4. The molecule has 0 fully saturated rings. The number of rotatable bonds is 7. The van der Waals surface area contributed by atoms with Gasteiger partial charge >= 0.3 is 12.1 Å². The predicted molar refractivity (Wildman–Crippen MR) is 90.8 cm³/mol. The molecule has 0 saturated carbocycles. The molecule has 0 spiro atoms. The van der Waals surface area contributed by atoms with Gasteiger partial charge in [0.15, 0.2) is 8.32 Å². The molecule has 0 aromatic heterocycles. The lowest BCUT2D eigenvalue weighted by atomic mass is 10.0. The monoisotopic (exact) mass is 378 g/mol. The van der Waals surface area contributed by atoms with Crippen molar-refractivity contribution < 1.29 is 31.9 Å². The van der Waals surface area contributed by atoms with Crippen LogP contribution in [-0.2, 0) is 19.7 Å². The van der Waals surface area contributed by atoms with Crippen LogP contribution >= 0.6 is 0 Å². The Morgan fingerprint density at radius 1 is 1.12 bits per heavy atom. The molecule has 1 unspecified atom stereocenters. The minimum Gasteiger partial charge on any atom is -0.459 e. The molecule has 1 rings (SSSR count). The molecule has 0 aliphatic rings. The van der Waals surface area contributed by atoms with Gasteiger partial charge in [-0.2, -0.15) is 13.2 Å². The molecule has 1 atom stereocenters. The maximum absolute atomic E-state index is 13.9. The number of halogens is 3. The van der Waals surface area contributed by atoms with Gasteiger partial charge in [0.05, 0.1) is 11.7 Å². The highest BCUT2D eigenvalue weighted by molar-refractivity contribution is 6.69. The Bertz CT molecular complexity index is 579. The van der Waals surface area contributed by atoms with Gasteiger partial charge in [0.2, 0.25) is 0 Å². The summed E-state index contributed by atoms with van der Waals surface area (Å²) >= 11 is 0. The molecule has 1 aromatic rings. The summed E-state index contributed by atoms with van der Waals surface area (Å²) in [6.45, 7) is 9.64. The van der Waals surface area contributed by atoms with Crippen LogP contribution in [0.3, 0.4) is 0 Å². The topological polar surface area (TPSA) is 44.8 Å². The van der Waals surface area contributed by atoms with E-state index in [2.05, 4.69) is 0 Å². The van der Waals surface area contributed by atoms with Crippen molar-refractivity contribution in [1.82, 2.24) is 0 Å². The predicted octanol–water partition coefficient (Wildman–Crippen LogP) is 4.85. The number of benzene rings is 1. The van der Waals surface area contributed by atoms with Crippen molar-refractivity contribution in [2.24, 2.45) is 0 Å². The van der Waals surface area contributed by atoms with E-state index in [1.807, 2.05) is 0 Å². The second-order valence-corrected chi connectivity index (χ2v) is 11.2. The van der Waals surface area contributed by atoms with Crippen molar-refractivity contribution in [2.75, 3.05) is 6.61 Å². The van der Waals surface area contributed by atoms with E-state index in [1.165, 1.54) is 31.2 Å². The van der Waals surface area contributed by atoms with Crippen molar-refractivity contribution >= 4 is 14.3 Å². The largest absolute Gasteiger partial charge is 0.459 e. The first-order valence-corrected chi connectivity index (χ1v) is 11.5. The van der Waals surface area contributed by atoms with Crippen LogP contribution in [0.25, 0.3) is 0 Å². The molecule has 142 valence electrons. The number of hydrogen-bond acceptors (Lipinski definition) is 4. The lowest BCUT2D eigenvalue weighted by Gasteiger charge is -2.40. The molecule has 0 radical (unpaired) electrons. The van der Waals surface area contributed by atoms with Crippen LogP contribution in [0.5, 0.6) is 0 Å². The average Bonchev–Trinajstić information content (AvgIpc) is 2.43. The average molecular weight is 378 g/mol. The highest BCUT2D eigenvalue weighted by Crippen LogP contribution is 2.45. The van der Waals surface area contributed by atoms with Crippen LogP contribution in [-0.4, -0.2) is 33.2 Å².